The molecule has 0 N–H and O–H groups in total. The molecule has 0 radical (unpaired) electrons. The fraction of sp³-hybridized carbons (Fsp3) is 0.667. The van der Waals surface area contributed by atoms with Crippen LogP contribution < -0.4 is 0 Å². The fourth-order valence-corrected chi connectivity index (χ4v) is 3.75. The van der Waals surface area contributed by atoms with E-state index in [0.29, 0.717) is 6.42 Å². The summed E-state index contributed by atoms with van der Waals surface area (Å²) in [6, 6.07) is -0.128. The number of aromatic nitrogens is 2. The lowest BCUT2D eigenvalue weighted by Gasteiger charge is -2.36. The molecule has 8 heteroatoms. The van der Waals surface area contributed by atoms with Gasteiger partial charge >= 0.3 is 6.09 Å². The van der Waals surface area contributed by atoms with Crippen molar-refractivity contribution < 1.29 is 17.9 Å². The lowest BCUT2D eigenvalue weighted by atomic mass is 10.00. The van der Waals surface area contributed by atoms with Crippen LogP contribution in [-0.2, 0) is 21.0 Å². The molecule has 2 aliphatic rings. The number of amides is 1. The van der Waals surface area contributed by atoms with E-state index in [2.05, 4.69) is 9.97 Å². The highest BCUT2D eigenvalue weighted by molar-refractivity contribution is 7.90. The Morgan fingerprint density at radius 1 is 1.35 bits per heavy atom. The van der Waals surface area contributed by atoms with Gasteiger partial charge < -0.3 is 4.74 Å². The van der Waals surface area contributed by atoms with Crippen molar-refractivity contribution in [3.8, 4) is 0 Å². The highest BCUT2D eigenvalue weighted by Crippen LogP contribution is 2.43. The number of carbonyl (C=O) groups excluding carboxylic acids is 1. The molecule has 7 nitrogen and oxygen atoms in total. The Hall–Kier alpha value is -1.70. The molecule has 2 atom stereocenters. The zero-order valence-electron chi connectivity index (χ0n) is 13.7. The van der Waals surface area contributed by atoms with Gasteiger partial charge in [-0.15, -0.1) is 0 Å². The van der Waals surface area contributed by atoms with Crippen molar-refractivity contribution >= 4 is 15.9 Å². The SMILES string of the molecule is CC(C)(C)OC(=O)N1C2CCC1c1cnc(S(C)(=O)=O)nc1C2. The number of hydrogen-bond acceptors (Lipinski definition) is 6. The summed E-state index contributed by atoms with van der Waals surface area (Å²) in [5.74, 6) is 0. The Kier molecular flexibility index (Phi) is 3.62. The summed E-state index contributed by atoms with van der Waals surface area (Å²) in [6.45, 7) is 5.52. The van der Waals surface area contributed by atoms with Gasteiger partial charge in [-0.3, -0.25) is 4.90 Å². The number of fused-ring (bicyclic) bond motifs is 4. The molecule has 23 heavy (non-hydrogen) atoms. The van der Waals surface area contributed by atoms with E-state index in [-0.39, 0.29) is 23.3 Å². The number of ether oxygens (including phenoxy) is 1. The number of carbonyl (C=O) groups is 1. The normalized spacial score (nSPS) is 23.6. The van der Waals surface area contributed by atoms with Crippen LogP contribution in [0.5, 0.6) is 0 Å². The molecule has 2 bridgehead atoms. The van der Waals surface area contributed by atoms with E-state index < -0.39 is 15.4 Å². The van der Waals surface area contributed by atoms with Gasteiger partial charge in [0, 0.05) is 30.5 Å². The number of hydrogen-bond donors (Lipinski definition) is 0. The maximum absolute atomic E-state index is 12.5. The van der Waals surface area contributed by atoms with E-state index >= 15 is 0 Å². The van der Waals surface area contributed by atoms with Crippen LogP contribution in [0.2, 0.25) is 0 Å². The molecule has 126 valence electrons. The molecule has 0 aliphatic carbocycles. The number of rotatable bonds is 1. The highest BCUT2D eigenvalue weighted by Gasteiger charge is 2.45. The predicted octanol–water partition coefficient (Wildman–Crippen LogP) is 1.88. The van der Waals surface area contributed by atoms with Crippen LogP contribution in [0.3, 0.4) is 0 Å². The van der Waals surface area contributed by atoms with Crippen LogP contribution in [0.1, 0.15) is 50.9 Å². The minimum Gasteiger partial charge on any atom is -0.444 e. The average molecular weight is 339 g/mol. The molecular weight excluding hydrogens is 318 g/mol. The van der Waals surface area contributed by atoms with Crippen LogP contribution in [0.25, 0.3) is 0 Å². The number of sulfone groups is 1. The summed E-state index contributed by atoms with van der Waals surface area (Å²) in [5.41, 5.74) is 1.01. The summed E-state index contributed by atoms with van der Waals surface area (Å²) in [6.07, 6.45) is 4.52. The molecule has 1 amide bonds. The molecule has 1 fully saturated rings. The van der Waals surface area contributed by atoms with Crippen molar-refractivity contribution in [1.82, 2.24) is 14.9 Å². The summed E-state index contributed by atoms with van der Waals surface area (Å²) in [4.78, 5) is 22.4. The Labute approximate surface area is 136 Å². The summed E-state index contributed by atoms with van der Waals surface area (Å²) in [5, 5.41) is -0.152. The van der Waals surface area contributed by atoms with E-state index in [9.17, 15) is 13.2 Å². The second kappa shape index (κ2) is 5.15. The van der Waals surface area contributed by atoms with E-state index in [0.717, 1.165) is 30.4 Å². The minimum atomic E-state index is -3.43. The molecule has 3 heterocycles. The quantitative estimate of drug-likeness (QED) is 0.726. The van der Waals surface area contributed by atoms with Crippen molar-refractivity contribution in [3.05, 3.63) is 17.5 Å². The van der Waals surface area contributed by atoms with Crippen LogP contribution in [-0.4, -0.2) is 47.3 Å². The van der Waals surface area contributed by atoms with Gasteiger partial charge in [0.15, 0.2) is 0 Å². The zero-order chi connectivity index (χ0) is 17.0. The standard InChI is InChI=1S/C15H21N3O4S/c1-15(2,3)22-14(19)18-9-5-6-12(18)10-8-16-13(23(4,20)21)17-11(10)7-9/h8-9,12H,5-7H2,1-4H3. The molecular formula is C15H21N3O4S. The Morgan fingerprint density at radius 2 is 2.04 bits per heavy atom. The Bertz CT molecular complexity index is 754. The smallest absolute Gasteiger partial charge is 0.411 e. The van der Waals surface area contributed by atoms with Crippen molar-refractivity contribution in [2.45, 2.75) is 62.9 Å². The first-order valence-corrected chi connectivity index (χ1v) is 9.52. The monoisotopic (exact) mass is 339 g/mol. The predicted molar refractivity (Wildman–Crippen MR) is 82.7 cm³/mol. The molecule has 0 spiro atoms. The first kappa shape index (κ1) is 16.2. The summed E-state index contributed by atoms with van der Waals surface area (Å²) >= 11 is 0. The molecule has 1 saturated heterocycles. The lowest BCUT2D eigenvalue weighted by Crippen LogP contribution is -2.45. The van der Waals surface area contributed by atoms with Gasteiger partial charge in [0.25, 0.3) is 0 Å². The fourth-order valence-electron chi connectivity index (χ4n) is 3.23. The van der Waals surface area contributed by atoms with Crippen molar-refractivity contribution in [3.63, 3.8) is 0 Å². The third-order valence-corrected chi connectivity index (χ3v) is 4.96. The van der Waals surface area contributed by atoms with Crippen LogP contribution >= 0.6 is 0 Å². The van der Waals surface area contributed by atoms with Gasteiger partial charge in [-0.1, -0.05) is 0 Å². The van der Waals surface area contributed by atoms with Gasteiger partial charge in [0.05, 0.1) is 11.7 Å². The molecule has 0 aromatic carbocycles. The molecule has 2 aliphatic heterocycles. The topological polar surface area (TPSA) is 89.5 Å². The summed E-state index contributed by atoms with van der Waals surface area (Å²) < 4.78 is 28.7. The molecule has 0 saturated carbocycles. The summed E-state index contributed by atoms with van der Waals surface area (Å²) in [7, 11) is -3.43. The highest BCUT2D eigenvalue weighted by atomic mass is 32.2. The third-order valence-electron chi connectivity index (χ3n) is 4.10. The third kappa shape index (κ3) is 3.04. The molecule has 3 rings (SSSR count). The maximum atomic E-state index is 12.5. The average Bonchev–Trinajstić information content (AvgIpc) is 2.71. The van der Waals surface area contributed by atoms with Gasteiger partial charge in [-0.2, -0.15) is 0 Å². The van der Waals surface area contributed by atoms with E-state index in [1.165, 1.54) is 0 Å². The van der Waals surface area contributed by atoms with Crippen molar-refractivity contribution in [2.24, 2.45) is 0 Å². The van der Waals surface area contributed by atoms with Gasteiger partial charge in [0.1, 0.15) is 5.60 Å². The largest absolute Gasteiger partial charge is 0.444 e. The number of nitrogens with zero attached hydrogens (tertiary/aromatic N) is 3. The second-order valence-corrected chi connectivity index (χ2v) is 9.07. The van der Waals surface area contributed by atoms with Crippen molar-refractivity contribution in [2.75, 3.05) is 6.26 Å². The Morgan fingerprint density at radius 3 is 2.65 bits per heavy atom. The van der Waals surface area contributed by atoms with Gasteiger partial charge in [0.2, 0.25) is 15.0 Å². The van der Waals surface area contributed by atoms with E-state index in [1.54, 1.807) is 11.1 Å². The van der Waals surface area contributed by atoms with Crippen LogP contribution in [0.4, 0.5) is 4.79 Å². The first-order valence-electron chi connectivity index (χ1n) is 7.63. The minimum absolute atomic E-state index is 0.00432. The van der Waals surface area contributed by atoms with Crippen LogP contribution in [0, 0.1) is 0 Å². The lowest BCUT2D eigenvalue weighted by molar-refractivity contribution is 0.0122. The Balaban J connectivity index is 1.93. The van der Waals surface area contributed by atoms with Gasteiger partial charge in [-0.05, 0) is 33.6 Å². The first-order chi connectivity index (χ1) is 10.6. The molecule has 1 aromatic rings. The molecule has 2 unspecified atom stereocenters. The molecule has 1 aromatic heterocycles. The van der Waals surface area contributed by atoms with Gasteiger partial charge in [-0.25, -0.2) is 23.2 Å². The van der Waals surface area contributed by atoms with E-state index in [4.69, 9.17) is 4.74 Å². The van der Waals surface area contributed by atoms with Crippen molar-refractivity contribution in [1.29, 1.82) is 0 Å². The van der Waals surface area contributed by atoms with E-state index in [1.807, 2.05) is 20.8 Å². The maximum Gasteiger partial charge on any atom is 0.411 e. The zero-order valence-corrected chi connectivity index (χ0v) is 14.6. The van der Waals surface area contributed by atoms with Crippen LogP contribution in [0.15, 0.2) is 11.4 Å². The second-order valence-electron chi connectivity index (χ2n) is 7.17.